The zero-order chi connectivity index (χ0) is 21.8. The van der Waals surface area contributed by atoms with E-state index in [9.17, 15) is 14.4 Å². The number of hydrazone groups is 1. The number of rotatable bonds is 5. The first-order valence-electron chi connectivity index (χ1n) is 9.84. The van der Waals surface area contributed by atoms with E-state index in [1.807, 2.05) is 57.2 Å². The van der Waals surface area contributed by atoms with Gasteiger partial charge in [-0.05, 0) is 55.7 Å². The van der Waals surface area contributed by atoms with Crippen LogP contribution in [0.4, 0.5) is 11.4 Å². The maximum absolute atomic E-state index is 12.8. The predicted molar refractivity (Wildman–Crippen MR) is 118 cm³/mol. The maximum atomic E-state index is 12.8. The van der Waals surface area contributed by atoms with Crippen molar-refractivity contribution in [2.24, 2.45) is 5.10 Å². The third kappa shape index (κ3) is 4.92. The molecule has 0 radical (unpaired) electrons. The zero-order valence-electron chi connectivity index (χ0n) is 17.7. The Morgan fingerprint density at radius 3 is 2.53 bits per heavy atom. The normalized spacial score (nSPS) is 13.7. The summed E-state index contributed by atoms with van der Waals surface area (Å²) < 4.78 is 0. The van der Waals surface area contributed by atoms with Gasteiger partial charge in [-0.25, -0.2) is 5.01 Å². The lowest BCUT2D eigenvalue weighted by Crippen LogP contribution is -2.42. The fourth-order valence-corrected chi connectivity index (χ4v) is 3.24. The lowest BCUT2D eigenvalue weighted by Gasteiger charge is -2.25. The largest absolute Gasteiger partial charge is 0.331 e. The van der Waals surface area contributed by atoms with E-state index in [0.29, 0.717) is 5.69 Å². The average molecular weight is 406 g/mol. The molecule has 0 saturated carbocycles. The van der Waals surface area contributed by atoms with E-state index in [-0.39, 0.29) is 42.8 Å². The molecule has 156 valence electrons. The van der Waals surface area contributed by atoms with Gasteiger partial charge in [0.05, 0.1) is 12.2 Å². The number of amides is 3. The van der Waals surface area contributed by atoms with Crippen molar-refractivity contribution in [1.29, 1.82) is 0 Å². The molecular weight excluding hydrogens is 380 g/mol. The summed E-state index contributed by atoms with van der Waals surface area (Å²) in [5.41, 5.74) is 4.60. The summed E-state index contributed by atoms with van der Waals surface area (Å²) in [6.45, 7) is 5.68. The van der Waals surface area contributed by atoms with Crippen molar-refractivity contribution < 1.29 is 14.4 Å². The summed E-state index contributed by atoms with van der Waals surface area (Å²) in [4.78, 5) is 38.9. The molecule has 1 N–H and O–H groups in total. The minimum atomic E-state index is -0.365. The van der Waals surface area contributed by atoms with Gasteiger partial charge in [0.1, 0.15) is 5.71 Å². The van der Waals surface area contributed by atoms with Crippen LogP contribution in [0.2, 0.25) is 0 Å². The van der Waals surface area contributed by atoms with Crippen LogP contribution in [0.1, 0.15) is 29.5 Å². The molecule has 0 fully saturated rings. The maximum Gasteiger partial charge on any atom is 0.270 e. The van der Waals surface area contributed by atoms with Crippen LogP contribution in [0.15, 0.2) is 47.6 Å². The molecule has 7 nitrogen and oxygen atoms in total. The highest BCUT2D eigenvalue weighted by Crippen LogP contribution is 2.22. The molecule has 2 aromatic rings. The second-order valence-electron chi connectivity index (χ2n) is 7.62. The number of carbonyl (C=O) groups is 3. The van der Waals surface area contributed by atoms with Gasteiger partial charge in [-0.15, -0.1) is 0 Å². The minimum absolute atomic E-state index is 0.108. The van der Waals surface area contributed by atoms with Crippen LogP contribution in [0.25, 0.3) is 0 Å². The van der Waals surface area contributed by atoms with Crippen LogP contribution >= 0.6 is 0 Å². The standard InChI is InChI=1S/C23H26N4O3/c1-15-6-5-7-18(12-15)27-22(29)11-10-19(25-27)23(30)26(4)14-21(28)24-20-13-16(2)8-9-17(20)3/h5-9,12-13H,10-11,14H2,1-4H3,(H,24,28). The molecule has 0 saturated heterocycles. The molecule has 3 rings (SSSR count). The van der Waals surface area contributed by atoms with Gasteiger partial charge in [-0.1, -0.05) is 24.3 Å². The molecule has 0 spiro atoms. The van der Waals surface area contributed by atoms with E-state index >= 15 is 0 Å². The Hall–Kier alpha value is -3.48. The summed E-state index contributed by atoms with van der Waals surface area (Å²) in [6, 6.07) is 13.2. The van der Waals surface area contributed by atoms with E-state index in [0.717, 1.165) is 22.4 Å². The molecule has 0 atom stereocenters. The second kappa shape index (κ2) is 8.90. The number of likely N-dealkylation sites (N-methyl/N-ethyl adjacent to an activating group) is 1. The number of carbonyl (C=O) groups excluding carboxylic acids is 3. The number of anilines is 2. The highest BCUT2D eigenvalue weighted by atomic mass is 16.2. The van der Waals surface area contributed by atoms with Crippen LogP contribution < -0.4 is 10.3 Å². The van der Waals surface area contributed by atoms with Crippen LogP contribution in [0.5, 0.6) is 0 Å². The van der Waals surface area contributed by atoms with Crippen LogP contribution in [-0.2, 0) is 14.4 Å². The highest BCUT2D eigenvalue weighted by Gasteiger charge is 2.28. The molecule has 0 bridgehead atoms. The molecule has 1 heterocycles. The first kappa shape index (κ1) is 21.2. The van der Waals surface area contributed by atoms with Gasteiger partial charge in [0.25, 0.3) is 5.91 Å². The third-order valence-electron chi connectivity index (χ3n) is 4.92. The van der Waals surface area contributed by atoms with Crippen molar-refractivity contribution in [2.75, 3.05) is 23.9 Å². The molecule has 30 heavy (non-hydrogen) atoms. The number of hydrogen-bond acceptors (Lipinski definition) is 4. The molecule has 0 aromatic heterocycles. The molecule has 1 aliphatic heterocycles. The highest BCUT2D eigenvalue weighted by molar-refractivity contribution is 6.40. The predicted octanol–water partition coefficient (Wildman–Crippen LogP) is 3.19. The second-order valence-corrected chi connectivity index (χ2v) is 7.62. The monoisotopic (exact) mass is 406 g/mol. The lowest BCUT2D eigenvalue weighted by atomic mass is 10.1. The first-order chi connectivity index (χ1) is 14.2. The quantitative estimate of drug-likeness (QED) is 0.828. The smallest absolute Gasteiger partial charge is 0.270 e. The Morgan fingerprint density at radius 1 is 1.07 bits per heavy atom. The van der Waals surface area contributed by atoms with Crippen molar-refractivity contribution >= 4 is 34.8 Å². The van der Waals surface area contributed by atoms with Gasteiger partial charge in [0.2, 0.25) is 11.8 Å². The Balaban J connectivity index is 1.70. The Labute approximate surface area is 176 Å². The van der Waals surface area contributed by atoms with E-state index in [4.69, 9.17) is 0 Å². The van der Waals surface area contributed by atoms with Crippen molar-refractivity contribution in [3.8, 4) is 0 Å². The van der Waals surface area contributed by atoms with E-state index < -0.39 is 0 Å². The summed E-state index contributed by atoms with van der Waals surface area (Å²) in [5.74, 6) is -0.814. The molecule has 2 aromatic carbocycles. The van der Waals surface area contributed by atoms with Gasteiger partial charge >= 0.3 is 0 Å². The fraction of sp³-hybridized carbons (Fsp3) is 0.304. The van der Waals surface area contributed by atoms with Crippen molar-refractivity contribution in [3.63, 3.8) is 0 Å². The van der Waals surface area contributed by atoms with E-state index in [1.54, 1.807) is 13.1 Å². The van der Waals surface area contributed by atoms with Gasteiger partial charge in [0.15, 0.2) is 0 Å². The zero-order valence-corrected chi connectivity index (χ0v) is 17.7. The Bertz CT molecular complexity index is 1030. The van der Waals surface area contributed by atoms with E-state index in [1.165, 1.54) is 9.91 Å². The summed E-state index contributed by atoms with van der Waals surface area (Å²) in [7, 11) is 1.56. The molecule has 7 heteroatoms. The van der Waals surface area contributed by atoms with E-state index in [2.05, 4.69) is 10.4 Å². The van der Waals surface area contributed by atoms with Gasteiger partial charge in [-0.2, -0.15) is 5.10 Å². The molecule has 0 unspecified atom stereocenters. The summed E-state index contributed by atoms with van der Waals surface area (Å²) >= 11 is 0. The number of benzene rings is 2. The number of aryl methyl sites for hydroxylation is 3. The third-order valence-corrected chi connectivity index (χ3v) is 4.92. The van der Waals surface area contributed by atoms with Crippen LogP contribution in [0, 0.1) is 20.8 Å². The Morgan fingerprint density at radius 2 is 1.80 bits per heavy atom. The molecular formula is C23H26N4O3. The summed E-state index contributed by atoms with van der Waals surface area (Å²) in [5, 5.41) is 8.41. The fourth-order valence-electron chi connectivity index (χ4n) is 3.24. The SMILES string of the molecule is Cc1cccc(N2N=C(C(=O)N(C)CC(=O)Nc3cc(C)ccc3C)CCC2=O)c1. The number of nitrogens with zero attached hydrogens (tertiary/aromatic N) is 3. The first-order valence-corrected chi connectivity index (χ1v) is 9.84. The molecule has 3 amide bonds. The topological polar surface area (TPSA) is 82.1 Å². The number of hydrogen-bond donors (Lipinski definition) is 1. The Kier molecular flexibility index (Phi) is 6.30. The van der Waals surface area contributed by atoms with Crippen molar-refractivity contribution in [1.82, 2.24) is 4.90 Å². The van der Waals surface area contributed by atoms with Crippen molar-refractivity contribution in [2.45, 2.75) is 33.6 Å². The van der Waals surface area contributed by atoms with Gasteiger partial charge in [0, 0.05) is 25.6 Å². The van der Waals surface area contributed by atoms with Crippen LogP contribution in [-0.4, -0.2) is 41.9 Å². The molecule has 0 aliphatic carbocycles. The molecule has 1 aliphatic rings. The minimum Gasteiger partial charge on any atom is -0.331 e. The van der Waals surface area contributed by atoms with Gasteiger partial charge in [-0.3, -0.25) is 14.4 Å². The number of nitrogens with one attached hydrogen (secondary N) is 1. The van der Waals surface area contributed by atoms with Gasteiger partial charge < -0.3 is 10.2 Å². The lowest BCUT2D eigenvalue weighted by molar-refractivity contribution is -0.128. The van der Waals surface area contributed by atoms with Crippen molar-refractivity contribution in [3.05, 3.63) is 59.2 Å². The summed E-state index contributed by atoms with van der Waals surface area (Å²) in [6.07, 6.45) is 0.448. The average Bonchev–Trinajstić information content (AvgIpc) is 2.70. The van der Waals surface area contributed by atoms with Crippen LogP contribution in [0.3, 0.4) is 0 Å².